The Hall–Kier alpha value is -2.13. The molecule has 0 bridgehead atoms. The second-order valence-electron chi connectivity index (χ2n) is 5.95. The molecule has 3 nitrogen and oxygen atoms in total. The summed E-state index contributed by atoms with van der Waals surface area (Å²) in [7, 11) is 0. The fourth-order valence-corrected chi connectivity index (χ4v) is 2.63. The number of benzene rings is 2. The van der Waals surface area contributed by atoms with Crippen molar-refractivity contribution in [2.24, 2.45) is 0 Å². The summed E-state index contributed by atoms with van der Waals surface area (Å²) in [5.41, 5.74) is 4.00. The molecule has 0 fully saturated rings. The molecule has 0 unspecified atom stereocenters. The zero-order chi connectivity index (χ0) is 17.5. The monoisotopic (exact) mass is 343 g/mol. The molecule has 1 amide bonds. The van der Waals surface area contributed by atoms with Gasteiger partial charge >= 0.3 is 0 Å². The minimum Gasteiger partial charge on any atom is -0.356 e. The zero-order valence-electron chi connectivity index (χ0n) is 14.1. The molecule has 24 heavy (non-hydrogen) atoms. The molecule has 0 radical (unpaired) electrons. The number of carbonyl (C=O) groups is 2. The minimum atomic E-state index is -0.103. The number of Topliss-reactive ketones (excluding diaryl/α,β-unsaturated/α-hetero) is 1. The van der Waals surface area contributed by atoms with E-state index >= 15 is 0 Å². The van der Waals surface area contributed by atoms with Gasteiger partial charge in [0.15, 0.2) is 5.78 Å². The lowest BCUT2D eigenvalue weighted by Gasteiger charge is -2.07. The molecule has 0 saturated carbocycles. The lowest BCUT2D eigenvalue weighted by molar-refractivity contribution is -0.121. The van der Waals surface area contributed by atoms with Gasteiger partial charge in [-0.1, -0.05) is 35.9 Å². The Kier molecular flexibility index (Phi) is 6.56. The first-order valence-corrected chi connectivity index (χ1v) is 8.45. The summed E-state index contributed by atoms with van der Waals surface area (Å²) in [5, 5.41) is 3.54. The Morgan fingerprint density at radius 2 is 1.79 bits per heavy atom. The quantitative estimate of drug-likeness (QED) is 0.763. The van der Waals surface area contributed by atoms with Crippen LogP contribution in [-0.4, -0.2) is 18.2 Å². The lowest BCUT2D eigenvalue weighted by Crippen LogP contribution is -2.26. The number of ketones is 1. The molecular formula is C20H22ClNO2. The second kappa shape index (κ2) is 8.65. The van der Waals surface area contributed by atoms with Gasteiger partial charge in [-0.25, -0.2) is 0 Å². The molecule has 0 aromatic heterocycles. The maximum absolute atomic E-state index is 12.2. The average molecular weight is 344 g/mol. The summed E-state index contributed by atoms with van der Waals surface area (Å²) < 4.78 is 0. The van der Waals surface area contributed by atoms with Gasteiger partial charge in [0.2, 0.25) is 5.91 Å². The van der Waals surface area contributed by atoms with Crippen molar-refractivity contribution in [2.45, 2.75) is 33.1 Å². The third kappa shape index (κ3) is 5.50. The number of nitrogens with one attached hydrogen (secondary N) is 1. The van der Waals surface area contributed by atoms with Gasteiger partial charge < -0.3 is 5.32 Å². The fraction of sp³-hybridized carbons (Fsp3) is 0.300. The normalized spacial score (nSPS) is 10.5. The first kappa shape index (κ1) is 18.2. The molecule has 4 heteroatoms. The molecule has 1 N–H and O–H groups in total. The number of halogens is 1. The third-order valence-electron chi connectivity index (χ3n) is 4.03. The number of carbonyl (C=O) groups excluding carboxylic acids is 2. The van der Waals surface area contributed by atoms with Crippen LogP contribution < -0.4 is 5.32 Å². The molecule has 0 aliphatic heterocycles. The Labute approximate surface area is 148 Å². The van der Waals surface area contributed by atoms with Crippen molar-refractivity contribution in [3.05, 3.63) is 69.7 Å². The summed E-state index contributed by atoms with van der Waals surface area (Å²) in [6, 6.07) is 13.2. The summed E-state index contributed by atoms with van der Waals surface area (Å²) in [6.45, 7) is 4.53. The van der Waals surface area contributed by atoms with Gasteiger partial charge in [-0.2, -0.15) is 0 Å². The highest BCUT2D eigenvalue weighted by atomic mass is 35.5. The Balaban J connectivity index is 1.74. The van der Waals surface area contributed by atoms with Crippen LogP contribution in [0.3, 0.4) is 0 Å². The van der Waals surface area contributed by atoms with E-state index in [2.05, 4.69) is 5.32 Å². The predicted octanol–water partition coefficient (Wildman–Crippen LogP) is 4.28. The first-order valence-electron chi connectivity index (χ1n) is 8.07. The smallest absolute Gasteiger partial charge is 0.220 e. The van der Waals surface area contributed by atoms with Gasteiger partial charge in [-0.15, -0.1) is 0 Å². The van der Waals surface area contributed by atoms with E-state index in [9.17, 15) is 9.59 Å². The molecule has 0 saturated heterocycles. The van der Waals surface area contributed by atoms with Crippen LogP contribution in [0.25, 0.3) is 0 Å². The molecule has 0 spiro atoms. The third-order valence-corrected chi connectivity index (χ3v) is 4.27. The van der Waals surface area contributed by atoms with Crippen LogP contribution in [0.2, 0.25) is 5.02 Å². The van der Waals surface area contributed by atoms with E-state index in [4.69, 9.17) is 11.6 Å². The maximum atomic E-state index is 12.2. The standard InChI is InChI=1S/C20H22ClNO2/c1-14-6-7-17(12-15(14)2)19(23)8-9-20(24)22-11-10-16-4-3-5-18(21)13-16/h3-7,12-13H,8-11H2,1-2H3,(H,22,24). The van der Waals surface area contributed by atoms with E-state index < -0.39 is 0 Å². The van der Waals surface area contributed by atoms with Crippen molar-refractivity contribution in [1.82, 2.24) is 5.32 Å². The van der Waals surface area contributed by atoms with Crippen LogP contribution in [-0.2, 0) is 11.2 Å². The molecule has 126 valence electrons. The van der Waals surface area contributed by atoms with Gasteiger partial charge in [0.25, 0.3) is 0 Å². The fourth-order valence-electron chi connectivity index (χ4n) is 2.41. The molecule has 2 aromatic rings. The van der Waals surface area contributed by atoms with Crippen molar-refractivity contribution >= 4 is 23.3 Å². The van der Waals surface area contributed by atoms with Crippen molar-refractivity contribution in [2.75, 3.05) is 6.54 Å². The summed E-state index contributed by atoms with van der Waals surface area (Å²) in [5.74, 6) is -0.0997. The molecule has 0 aliphatic carbocycles. The lowest BCUT2D eigenvalue weighted by atomic mass is 10.0. The largest absolute Gasteiger partial charge is 0.356 e. The molecule has 0 atom stereocenters. The predicted molar refractivity (Wildman–Crippen MR) is 97.6 cm³/mol. The van der Waals surface area contributed by atoms with Gasteiger partial charge in [0, 0.05) is 30.0 Å². The minimum absolute atomic E-state index is 0.00286. The average Bonchev–Trinajstić information content (AvgIpc) is 2.55. The van der Waals surface area contributed by atoms with Gasteiger partial charge in [-0.05, 0) is 55.2 Å². The van der Waals surface area contributed by atoms with Crippen LogP contribution in [0.15, 0.2) is 42.5 Å². The summed E-state index contributed by atoms with van der Waals surface area (Å²) in [6.07, 6.45) is 1.16. The molecule has 2 aromatic carbocycles. The van der Waals surface area contributed by atoms with Crippen molar-refractivity contribution in [3.8, 4) is 0 Å². The van der Waals surface area contributed by atoms with E-state index in [1.807, 2.05) is 56.3 Å². The van der Waals surface area contributed by atoms with Gasteiger partial charge in [0.1, 0.15) is 0 Å². The molecule has 2 rings (SSSR count). The number of hydrogen-bond acceptors (Lipinski definition) is 2. The van der Waals surface area contributed by atoms with Crippen molar-refractivity contribution in [3.63, 3.8) is 0 Å². The SMILES string of the molecule is Cc1ccc(C(=O)CCC(=O)NCCc2cccc(Cl)c2)cc1C. The van der Waals surface area contributed by atoms with E-state index in [-0.39, 0.29) is 24.5 Å². The highest BCUT2D eigenvalue weighted by Crippen LogP contribution is 2.13. The van der Waals surface area contributed by atoms with E-state index in [1.165, 1.54) is 0 Å². The topological polar surface area (TPSA) is 46.2 Å². The number of aryl methyl sites for hydroxylation is 2. The highest BCUT2D eigenvalue weighted by Gasteiger charge is 2.10. The van der Waals surface area contributed by atoms with Crippen LogP contribution in [0.4, 0.5) is 0 Å². The number of hydrogen-bond donors (Lipinski definition) is 1. The van der Waals surface area contributed by atoms with Gasteiger partial charge in [-0.3, -0.25) is 9.59 Å². The van der Waals surface area contributed by atoms with Crippen molar-refractivity contribution in [1.29, 1.82) is 0 Å². The van der Waals surface area contributed by atoms with Crippen LogP contribution in [0, 0.1) is 13.8 Å². The Morgan fingerprint density at radius 1 is 1.00 bits per heavy atom. The number of rotatable bonds is 7. The van der Waals surface area contributed by atoms with E-state index in [0.29, 0.717) is 17.1 Å². The Bertz CT molecular complexity index is 740. The van der Waals surface area contributed by atoms with Crippen LogP contribution in [0.1, 0.15) is 39.9 Å². The zero-order valence-corrected chi connectivity index (χ0v) is 14.8. The van der Waals surface area contributed by atoms with Crippen LogP contribution in [0.5, 0.6) is 0 Å². The van der Waals surface area contributed by atoms with E-state index in [1.54, 1.807) is 0 Å². The van der Waals surface area contributed by atoms with Crippen LogP contribution >= 0.6 is 11.6 Å². The Morgan fingerprint density at radius 3 is 2.50 bits per heavy atom. The maximum Gasteiger partial charge on any atom is 0.220 e. The molecular weight excluding hydrogens is 322 g/mol. The molecule has 0 aliphatic rings. The first-order chi connectivity index (χ1) is 11.5. The second-order valence-corrected chi connectivity index (χ2v) is 6.39. The van der Waals surface area contributed by atoms with Crippen molar-refractivity contribution < 1.29 is 9.59 Å². The highest BCUT2D eigenvalue weighted by molar-refractivity contribution is 6.30. The summed E-state index contributed by atoms with van der Waals surface area (Å²) >= 11 is 5.93. The summed E-state index contributed by atoms with van der Waals surface area (Å²) in [4.78, 5) is 24.0. The molecule has 0 heterocycles. The van der Waals surface area contributed by atoms with E-state index in [0.717, 1.165) is 23.1 Å². The number of amides is 1. The van der Waals surface area contributed by atoms with Gasteiger partial charge in [0.05, 0.1) is 0 Å².